The van der Waals surface area contributed by atoms with Gasteiger partial charge in [0.15, 0.2) is 0 Å². The third-order valence-corrected chi connectivity index (χ3v) is 3.00. The van der Waals surface area contributed by atoms with Crippen molar-refractivity contribution in [3.63, 3.8) is 0 Å². The lowest BCUT2D eigenvalue weighted by molar-refractivity contribution is 0.643. The van der Waals surface area contributed by atoms with E-state index in [1.807, 2.05) is 0 Å². The fourth-order valence-corrected chi connectivity index (χ4v) is 1.73. The van der Waals surface area contributed by atoms with Gasteiger partial charge in [0, 0.05) is 6.04 Å². The molecule has 1 aromatic rings. The smallest absolute Gasteiger partial charge is 0.287 e. The number of anilines is 1. The number of allylic oxidation sites excluding steroid dienone is 1. The minimum absolute atomic E-state index is 0.189. The van der Waals surface area contributed by atoms with Crippen LogP contribution in [-0.2, 0) is 6.54 Å². The zero-order valence-corrected chi connectivity index (χ0v) is 11.0. The van der Waals surface area contributed by atoms with Crippen LogP contribution in [0.3, 0.4) is 0 Å². The Labute approximate surface area is 106 Å². The molecule has 1 aromatic heterocycles. The summed E-state index contributed by atoms with van der Waals surface area (Å²) in [4.78, 5) is 11.8. The van der Waals surface area contributed by atoms with Crippen LogP contribution in [0, 0.1) is 0 Å². The molecule has 0 fully saturated rings. The van der Waals surface area contributed by atoms with Crippen LogP contribution in [-0.4, -0.2) is 15.8 Å². The van der Waals surface area contributed by atoms with Crippen molar-refractivity contribution in [2.45, 2.75) is 39.3 Å². The van der Waals surface area contributed by atoms with Crippen LogP contribution in [0.15, 0.2) is 23.6 Å². The minimum Gasteiger partial charge on any atom is -0.380 e. The topological polar surface area (TPSA) is 46.9 Å². The maximum Gasteiger partial charge on any atom is 0.287 e. The predicted octanol–water partition coefficient (Wildman–Crippen LogP) is 2.68. The second kappa shape index (κ2) is 6.45. The molecule has 1 rings (SSSR count). The van der Waals surface area contributed by atoms with E-state index in [1.54, 1.807) is 12.3 Å². The highest BCUT2D eigenvalue weighted by Gasteiger charge is 2.11. The van der Waals surface area contributed by atoms with Crippen molar-refractivity contribution in [1.82, 2.24) is 9.78 Å². The number of aromatic nitrogens is 2. The van der Waals surface area contributed by atoms with Crippen molar-refractivity contribution >= 4 is 17.3 Å². The summed E-state index contributed by atoms with van der Waals surface area (Å²) < 4.78 is 1.29. The van der Waals surface area contributed by atoms with E-state index in [-0.39, 0.29) is 10.6 Å². The second-order valence-electron chi connectivity index (χ2n) is 3.81. The van der Waals surface area contributed by atoms with Gasteiger partial charge >= 0.3 is 0 Å². The van der Waals surface area contributed by atoms with Crippen molar-refractivity contribution in [2.75, 3.05) is 5.32 Å². The van der Waals surface area contributed by atoms with Gasteiger partial charge in [-0.3, -0.25) is 4.79 Å². The quantitative estimate of drug-likeness (QED) is 0.795. The normalized spacial score (nSPS) is 10.6. The van der Waals surface area contributed by atoms with Gasteiger partial charge in [-0.05, 0) is 12.8 Å². The Hall–Kier alpha value is -1.29. The Morgan fingerprint density at radius 3 is 2.76 bits per heavy atom. The maximum atomic E-state index is 11.8. The summed E-state index contributed by atoms with van der Waals surface area (Å²) in [6.07, 6.45) is 5.15. The molecular formula is C12H18ClN3O. The summed E-state index contributed by atoms with van der Waals surface area (Å²) in [6.45, 7) is 8.10. The molecule has 0 bridgehead atoms. The summed E-state index contributed by atoms with van der Waals surface area (Å²) in [6, 6.07) is 0.309. The lowest BCUT2D eigenvalue weighted by Crippen LogP contribution is -2.26. The fourth-order valence-electron chi connectivity index (χ4n) is 1.53. The molecule has 94 valence electrons. The molecule has 0 atom stereocenters. The molecule has 0 amide bonds. The van der Waals surface area contributed by atoms with Gasteiger partial charge in [0.25, 0.3) is 5.56 Å². The molecule has 1 heterocycles. The van der Waals surface area contributed by atoms with Crippen molar-refractivity contribution in [3.05, 3.63) is 34.2 Å². The van der Waals surface area contributed by atoms with Crippen LogP contribution in [0.5, 0.6) is 0 Å². The van der Waals surface area contributed by atoms with E-state index < -0.39 is 0 Å². The first-order valence-electron chi connectivity index (χ1n) is 5.77. The predicted molar refractivity (Wildman–Crippen MR) is 71.7 cm³/mol. The van der Waals surface area contributed by atoms with Gasteiger partial charge in [-0.15, -0.1) is 6.58 Å². The van der Waals surface area contributed by atoms with Crippen molar-refractivity contribution in [1.29, 1.82) is 0 Å². The average molecular weight is 256 g/mol. The molecular weight excluding hydrogens is 238 g/mol. The van der Waals surface area contributed by atoms with Gasteiger partial charge in [-0.2, -0.15) is 5.10 Å². The van der Waals surface area contributed by atoms with Crippen molar-refractivity contribution in [3.8, 4) is 0 Å². The van der Waals surface area contributed by atoms with E-state index in [0.29, 0.717) is 18.3 Å². The monoisotopic (exact) mass is 255 g/mol. The Morgan fingerprint density at radius 1 is 1.59 bits per heavy atom. The van der Waals surface area contributed by atoms with E-state index in [9.17, 15) is 4.79 Å². The van der Waals surface area contributed by atoms with Crippen LogP contribution < -0.4 is 10.9 Å². The highest BCUT2D eigenvalue weighted by atomic mass is 35.5. The van der Waals surface area contributed by atoms with Gasteiger partial charge in [-0.1, -0.05) is 31.5 Å². The van der Waals surface area contributed by atoms with Gasteiger partial charge in [-0.25, -0.2) is 4.68 Å². The lowest BCUT2D eigenvalue weighted by Gasteiger charge is -2.17. The molecule has 0 aromatic carbocycles. The van der Waals surface area contributed by atoms with E-state index in [2.05, 4.69) is 30.8 Å². The van der Waals surface area contributed by atoms with E-state index in [1.165, 1.54) is 4.68 Å². The van der Waals surface area contributed by atoms with Crippen LogP contribution >= 0.6 is 11.6 Å². The van der Waals surface area contributed by atoms with Crippen LogP contribution in [0.25, 0.3) is 0 Å². The van der Waals surface area contributed by atoms with Crippen LogP contribution in [0.2, 0.25) is 5.02 Å². The summed E-state index contributed by atoms with van der Waals surface area (Å²) >= 11 is 6.02. The van der Waals surface area contributed by atoms with E-state index in [4.69, 9.17) is 11.6 Å². The molecule has 5 heteroatoms. The SMILES string of the molecule is C=CCn1ncc(NC(CC)CC)c(Cl)c1=O. The molecule has 0 aliphatic heterocycles. The molecule has 0 radical (unpaired) electrons. The van der Waals surface area contributed by atoms with Gasteiger partial charge < -0.3 is 5.32 Å². The highest BCUT2D eigenvalue weighted by Crippen LogP contribution is 2.17. The standard InChI is InChI=1S/C12H18ClN3O/c1-4-7-16-12(17)11(13)10(8-14-16)15-9(5-2)6-3/h4,8-9,15H,1,5-7H2,2-3H3. The Kier molecular flexibility index (Phi) is 5.22. The second-order valence-corrected chi connectivity index (χ2v) is 4.18. The van der Waals surface area contributed by atoms with E-state index in [0.717, 1.165) is 12.8 Å². The fraction of sp³-hybridized carbons (Fsp3) is 0.500. The first kappa shape index (κ1) is 13.8. The molecule has 0 aliphatic carbocycles. The molecule has 1 N–H and O–H groups in total. The van der Waals surface area contributed by atoms with Crippen molar-refractivity contribution < 1.29 is 0 Å². The number of nitrogens with zero attached hydrogens (tertiary/aromatic N) is 2. The lowest BCUT2D eigenvalue weighted by atomic mass is 10.1. The van der Waals surface area contributed by atoms with Crippen LogP contribution in [0.4, 0.5) is 5.69 Å². The molecule has 0 aliphatic rings. The number of hydrogen-bond acceptors (Lipinski definition) is 3. The minimum atomic E-state index is -0.289. The Balaban J connectivity index is 3.00. The van der Waals surface area contributed by atoms with E-state index >= 15 is 0 Å². The number of nitrogens with one attached hydrogen (secondary N) is 1. The number of hydrogen-bond donors (Lipinski definition) is 1. The van der Waals surface area contributed by atoms with Crippen LogP contribution in [0.1, 0.15) is 26.7 Å². The number of rotatable bonds is 6. The van der Waals surface area contributed by atoms with Gasteiger partial charge in [0.05, 0.1) is 18.4 Å². The summed E-state index contributed by atoms with van der Waals surface area (Å²) in [5.74, 6) is 0. The zero-order chi connectivity index (χ0) is 12.8. The largest absolute Gasteiger partial charge is 0.380 e. The zero-order valence-electron chi connectivity index (χ0n) is 10.2. The van der Waals surface area contributed by atoms with Crippen molar-refractivity contribution in [2.24, 2.45) is 0 Å². The summed E-state index contributed by atoms with van der Waals surface area (Å²) in [5, 5.41) is 7.45. The third-order valence-electron chi connectivity index (χ3n) is 2.63. The molecule has 0 saturated carbocycles. The van der Waals surface area contributed by atoms with Gasteiger partial charge in [0.2, 0.25) is 0 Å². The molecule has 4 nitrogen and oxygen atoms in total. The molecule has 0 spiro atoms. The molecule has 0 saturated heterocycles. The van der Waals surface area contributed by atoms with Gasteiger partial charge in [0.1, 0.15) is 5.02 Å². The maximum absolute atomic E-state index is 11.8. The average Bonchev–Trinajstić information content (AvgIpc) is 2.34. The Morgan fingerprint density at radius 2 is 2.24 bits per heavy atom. The number of halogens is 1. The summed E-state index contributed by atoms with van der Waals surface area (Å²) in [5.41, 5.74) is 0.313. The Bertz CT molecular complexity index is 438. The molecule has 0 unspecified atom stereocenters. The summed E-state index contributed by atoms with van der Waals surface area (Å²) in [7, 11) is 0. The highest BCUT2D eigenvalue weighted by molar-refractivity contribution is 6.32. The third kappa shape index (κ3) is 3.33. The first-order chi connectivity index (χ1) is 8.13. The first-order valence-corrected chi connectivity index (χ1v) is 6.14. The molecule has 17 heavy (non-hydrogen) atoms.